The van der Waals surface area contributed by atoms with E-state index in [-0.39, 0.29) is 17.2 Å². The van der Waals surface area contributed by atoms with Crippen LogP contribution in [0.1, 0.15) is 12.0 Å². The Morgan fingerprint density at radius 1 is 1.15 bits per heavy atom. The molecule has 5 nitrogen and oxygen atoms in total. The molecule has 0 aliphatic carbocycles. The Labute approximate surface area is 198 Å². The van der Waals surface area contributed by atoms with Gasteiger partial charge in [0.2, 0.25) is 5.95 Å². The van der Waals surface area contributed by atoms with Gasteiger partial charge in [0, 0.05) is 24.7 Å². The third-order valence-corrected chi connectivity index (χ3v) is 5.52. The number of rotatable bonds is 7. The van der Waals surface area contributed by atoms with Crippen LogP contribution in [0.25, 0.3) is 11.0 Å². The number of alkyl halides is 6. The SMILES string of the molecule is Bc1ccc(N(CCC(F)(F)F)CC(F)(F)F)c2c1nc(Nc1c(C)cc(Cl)cc1OC)n2C. The Hall–Kier alpha value is -2.76. The lowest BCUT2D eigenvalue weighted by atomic mass is 9.94. The summed E-state index contributed by atoms with van der Waals surface area (Å²) >= 11 is 6.08. The molecule has 0 spiro atoms. The molecule has 184 valence electrons. The summed E-state index contributed by atoms with van der Waals surface area (Å²) in [5, 5.41) is 3.58. The highest BCUT2D eigenvalue weighted by Gasteiger charge is 2.35. The van der Waals surface area contributed by atoms with Crippen LogP contribution < -0.4 is 20.4 Å². The molecule has 2 aromatic carbocycles. The lowest BCUT2D eigenvalue weighted by Gasteiger charge is -2.27. The normalized spacial score (nSPS) is 12.3. The maximum atomic E-state index is 13.3. The lowest BCUT2D eigenvalue weighted by Crippen LogP contribution is -2.37. The summed E-state index contributed by atoms with van der Waals surface area (Å²) in [6, 6.07) is 6.23. The van der Waals surface area contributed by atoms with Crippen molar-refractivity contribution < 1.29 is 31.1 Å². The molecule has 0 saturated heterocycles. The largest absolute Gasteiger partial charge is 0.495 e. The molecular weight excluding hydrogens is 485 g/mol. The van der Waals surface area contributed by atoms with Gasteiger partial charge < -0.3 is 19.5 Å². The highest BCUT2D eigenvalue weighted by molar-refractivity contribution is 6.38. The van der Waals surface area contributed by atoms with Crippen LogP contribution in [0.15, 0.2) is 24.3 Å². The van der Waals surface area contributed by atoms with Crippen LogP contribution >= 0.6 is 11.6 Å². The average Bonchev–Trinajstić information content (AvgIpc) is 3.03. The standard InChI is InChI=1S/C21H22BClF6N4O/c1-11-8-12(23)9-15(34-3)16(11)30-19-31-17-13(22)4-5-14(18(17)32(19)2)33(10-21(27,28)29)7-6-20(24,25)26/h4-5,8-9H,6-7,10,22H2,1-3H3,(H,30,31). The molecule has 0 aliphatic heterocycles. The third kappa shape index (κ3) is 5.83. The predicted octanol–water partition coefficient (Wildman–Crippen LogP) is 4.87. The van der Waals surface area contributed by atoms with E-state index >= 15 is 0 Å². The van der Waals surface area contributed by atoms with E-state index in [4.69, 9.17) is 16.3 Å². The first-order valence-electron chi connectivity index (χ1n) is 10.2. The Kier molecular flexibility index (Phi) is 7.21. The van der Waals surface area contributed by atoms with E-state index in [0.29, 0.717) is 32.3 Å². The van der Waals surface area contributed by atoms with Gasteiger partial charge in [0.15, 0.2) is 0 Å². The monoisotopic (exact) mass is 506 g/mol. The van der Waals surface area contributed by atoms with E-state index in [2.05, 4.69) is 10.3 Å². The number of hydrogen-bond donors (Lipinski definition) is 1. The quantitative estimate of drug-likeness (QED) is 0.367. The summed E-state index contributed by atoms with van der Waals surface area (Å²) in [7, 11) is 4.76. The van der Waals surface area contributed by atoms with E-state index in [1.54, 1.807) is 40.0 Å². The summed E-state index contributed by atoms with van der Waals surface area (Å²) in [6.07, 6.45) is -10.7. The van der Waals surface area contributed by atoms with Crippen molar-refractivity contribution in [2.45, 2.75) is 25.7 Å². The van der Waals surface area contributed by atoms with Crippen molar-refractivity contribution in [3.63, 3.8) is 0 Å². The number of anilines is 3. The summed E-state index contributed by atoms with van der Waals surface area (Å²) in [4.78, 5) is 5.22. The van der Waals surface area contributed by atoms with Crippen LogP contribution in [-0.2, 0) is 7.05 Å². The van der Waals surface area contributed by atoms with Crippen LogP contribution in [0.2, 0.25) is 5.02 Å². The Bertz CT molecular complexity index is 1190. The molecular formula is C21H22BClF6N4O. The van der Waals surface area contributed by atoms with Gasteiger partial charge >= 0.3 is 12.4 Å². The van der Waals surface area contributed by atoms with Crippen molar-refractivity contribution in [2.75, 3.05) is 30.4 Å². The number of fused-ring (bicyclic) bond motifs is 1. The molecule has 1 heterocycles. The Morgan fingerprint density at radius 3 is 2.41 bits per heavy atom. The van der Waals surface area contributed by atoms with E-state index in [9.17, 15) is 26.3 Å². The second-order valence-electron chi connectivity index (χ2n) is 7.92. The molecule has 0 bridgehead atoms. The van der Waals surface area contributed by atoms with Crippen molar-refractivity contribution in [3.05, 3.63) is 34.9 Å². The molecule has 0 unspecified atom stereocenters. The molecule has 0 radical (unpaired) electrons. The van der Waals surface area contributed by atoms with Gasteiger partial charge in [-0.05, 0) is 24.6 Å². The number of benzene rings is 2. The van der Waals surface area contributed by atoms with Crippen molar-refractivity contribution in [2.24, 2.45) is 7.05 Å². The van der Waals surface area contributed by atoms with Crippen molar-refractivity contribution >= 4 is 53.3 Å². The topological polar surface area (TPSA) is 42.3 Å². The van der Waals surface area contributed by atoms with Gasteiger partial charge in [-0.3, -0.25) is 0 Å². The molecule has 0 fully saturated rings. The van der Waals surface area contributed by atoms with Gasteiger partial charge in [0.05, 0.1) is 35.9 Å². The number of hydrogen-bond acceptors (Lipinski definition) is 4. The fourth-order valence-electron chi connectivity index (χ4n) is 3.70. The van der Waals surface area contributed by atoms with Crippen LogP contribution in [-0.4, -0.2) is 49.9 Å². The van der Waals surface area contributed by atoms with Crippen LogP contribution in [0, 0.1) is 6.92 Å². The zero-order chi connectivity index (χ0) is 25.4. The Morgan fingerprint density at radius 2 is 1.82 bits per heavy atom. The minimum atomic E-state index is -4.70. The van der Waals surface area contributed by atoms with Crippen LogP contribution in [0.4, 0.5) is 43.7 Å². The molecule has 0 saturated carbocycles. The molecule has 13 heteroatoms. The van der Waals surface area contributed by atoms with Gasteiger partial charge in [0.1, 0.15) is 20.1 Å². The summed E-state index contributed by atoms with van der Waals surface area (Å²) in [6.45, 7) is -0.587. The van der Waals surface area contributed by atoms with Gasteiger partial charge in [-0.25, -0.2) is 4.98 Å². The summed E-state index contributed by atoms with van der Waals surface area (Å²) < 4.78 is 85.2. The minimum absolute atomic E-state index is 0.00465. The zero-order valence-corrected chi connectivity index (χ0v) is 19.6. The zero-order valence-electron chi connectivity index (χ0n) is 18.8. The summed E-state index contributed by atoms with van der Waals surface area (Å²) in [5.41, 5.74) is 2.59. The number of imidazole rings is 1. The molecule has 1 aromatic heterocycles. The molecule has 3 aromatic rings. The highest BCUT2D eigenvalue weighted by atomic mass is 35.5. The molecule has 0 amide bonds. The van der Waals surface area contributed by atoms with Crippen molar-refractivity contribution in [3.8, 4) is 5.75 Å². The highest BCUT2D eigenvalue weighted by Crippen LogP contribution is 2.36. The molecule has 3 rings (SSSR count). The molecule has 1 N–H and O–H groups in total. The van der Waals surface area contributed by atoms with Gasteiger partial charge in [-0.2, -0.15) is 26.3 Å². The number of halogens is 7. The minimum Gasteiger partial charge on any atom is -0.495 e. The molecule has 0 aliphatic rings. The molecule has 34 heavy (non-hydrogen) atoms. The number of nitrogens with one attached hydrogen (secondary N) is 1. The first kappa shape index (κ1) is 25.9. The van der Waals surface area contributed by atoms with Crippen molar-refractivity contribution in [1.82, 2.24) is 9.55 Å². The second-order valence-corrected chi connectivity index (χ2v) is 8.36. The maximum Gasteiger partial charge on any atom is 0.405 e. The number of nitrogens with zero attached hydrogens (tertiary/aromatic N) is 3. The van der Waals surface area contributed by atoms with E-state index in [1.165, 1.54) is 17.7 Å². The fraction of sp³-hybridized carbons (Fsp3) is 0.381. The van der Waals surface area contributed by atoms with Crippen LogP contribution in [0.5, 0.6) is 5.75 Å². The van der Waals surface area contributed by atoms with Crippen LogP contribution in [0.3, 0.4) is 0 Å². The second kappa shape index (κ2) is 9.48. The maximum absolute atomic E-state index is 13.3. The molecule has 0 atom stereocenters. The predicted molar refractivity (Wildman–Crippen MR) is 124 cm³/mol. The first-order chi connectivity index (χ1) is 15.7. The van der Waals surface area contributed by atoms with Crippen molar-refractivity contribution in [1.29, 1.82) is 0 Å². The van der Waals surface area contributed by atoms with Gasteiger partial charge in [0.25, 0.3) is 0 Å². The van der Waals surface area contributed by atoms with E-state index in [1.807, 2.05) is 0 Å². The van der Waals surface area contributed by atoms with Gasteiger partial charge in [-0.15, -0.1) is 0 Å². The Balaban J connectivity index is 2.13. The lowest BCUT2D eigenvalue weighted by molar-refractivity contribution is -0.137. The van der Waals surface area contributed by atoms with E-state index in [0.717, 1.165) is 5.56 Å². The van der Waals surface area contributed by atoms with Gasteiger partial charge in [-0.1, -0.05) is 23.1 Å². The number of ether oxygens (including phenoxy) is 1. The van der Waals surface area contributed by atoms with E-state index < -0.39 is 31.9 Å². The number of aromatic nitrogens is 2. The fourth-order valence-corrected chi connectivity index (χ4v) is 3.97. The third-order valence-electron chi connectivity index (χ3n) is 5.30. The number of aryl methyl sites for hydroxylation is 2. The summed E-state index contributed by atoms with van der Waals surface area (Å²) in [5.74, 6) is 0.704. The first-order valence-corrected chi connectivity index (χ1v) is 10.5. The number of methoxy groups -OCH3 is 1. The smallest absolute Gasteiger partial charge is 0.405 e. The average molecular weight is 507 g/mol.